The van der Waals surface area contributed by atoms with Gasteiger partial charge in [-0.25, -0.2) is 4.98 Å². The van der Waals surface area contributed by atoms with Crippen molar-refractivity contribution in [3.05, 3.63) is 23.4 Å². The number of aromatic nitrogens is 1. The van der Waals surface area contributed by atoms with Gasteiger partial charge in [-0.3, -0.25) is 4.79 Å². The molecule has 4 heteroatoms. The molecule has 1 aliphatic carbocycles. The summed E-state index contributed by atoms with van der Waals surface area (Å²) >= 11 is 0. The van der Waals surface area contributed by atoms with Gasteiger partial charge in [0, 0.05) is 17.7 Å². The zero-order valence-electron chi connectivity index (χ0n) is 10.5. The lowest BCUT2D eigenvalue weighted by Crippen LogP contribution is -2.03. The molecule has 1 aromatic heterocycles. The summed E-state index contributed by atoms with van der Waals surface area (Å²) in [4.78, 5) is 15.4. The number of nitrogens with zero attached hydrogens (tertiary/aromatic N) is 1. The summed E-state index contributed by atoms with van der Waals surface area (Å²) in [7, 11) is 1.57. The van der Waals surface area contributed by atoms with Crippen LogP contribution in [0.25, 0.3) is 0 Å². The molecule has 0 aliphatic heterocycles. The minimum Gasteiger partial charge on any atom is -0.481 e. The van der Waals surface area contributed by atoms with E-state index in [0.29, 0.717) is 5.88 Å². The van der Waals surface area contributed by atoms with E-state index < -0.39 is 5.97 Å². The maximum Gasteiger partial charge on any atom is 0.307 e. The normalized spacial score (nSPS) is 25.4. The lowest BCUT2D eigenvalue weighted by Gasteiger charge is -2.06. The molecule has 1 heterocycles. The van der Waals surface area contributed by atoms with Crippen LogP contribution in [0.1, 0.15) is 31.0 Å². The Morgan fingerprint density at radius 3 is 2.59 bits per heavy atom. The van der Waals surface area contributed by atoms with Crippen molar-refractivity contribution in [3.63, 3.8) is 0 Å². The molecule has 0 unspecified atom stereocenters. The highest BCUT2D eigenvalue weighted by atomic mass is 16.5. The van der Waals surface area contributed by atoms with Crippen LogP contribution in [0.2, 0.25) is 0 Å². The zero-order valence-corrected chi connectivity index (χ0v) is 10.5. The highest BCUT2D eigenvalue weighted by Gasteiger charge is 2.62. The van der Waals surface area contributed by atoms with Crippen molar-refractivity contribution >= 4 is 5.97 Å². The van der Waals surface area contributed by atoms with Crippen LogP contribution in [-0.4, -0.2) is 23.2 Å². The number of hydrogen-bond donors (Lipinski definition) is 1. The first-order valence-corrected chi connectivity index (χ1v) is 5.63. The smallest absolute Gasteiger partial charge is 0.307 e. The molecule has 0 aromatic carbocycles. The SMILES string of the molecule is COc1cc([C@H]2[C@H](C(=O)O)C2(C)C)cc(C)n1. The van der Waals surface area contributed by atoms with E-state index in [1.807, 2.05) is 32.9 Å². The average molecular weight is 235 g/mol. The number of carboxylic acid groups (broad SMARTS) is 1. The third-order valence-electron chi connectivity index (χ3n) is 3.61. The molecule has 17 heavy (non-hydrogen) atoms. The molecule has 2 atom stereocenters. The monoisotopic (exact) mass is 235 g/mol. The number of carboxylic acids is 1. The van der Waals surface area contributed by atoms with Crippen LogP contribution in [0.5, 0.6) is 5.88 Å². The lowest BCUT2D eigenvalue weighted by molar-refractivity contribution is -0.139. The largest absolute Gasteiger partial charge is 0.481 e. The summed E-state index contributed by atoms with van der Waals surface area (Å²) in [5.74, 6) is -0.440. The first-order valence-electron chi connectivity index (χ1n) is 5.63. The van der Waals surface area contributed by atoms with Crippen LogP contribution in [0.3, 0.4) is 0 Å². The van der Waals surface area contributed by atoms with Crippen LogP contribution in [-0.2, 0) is 4.79 Å². The van der Waals surface area contributed by atoms with Crippen LogP contribution < -0.4 is 4.74 Å². The van der Waals surface area contributed by atoms with Crippen molar-refractivity contribution in [1.82, 2.24) is 4.98 Å². The summed E-state index contributed by atoms with van der Waals surface area (Å²) in [6.45, 7) is 5.86. The Morgan fingerprint density at radius 2 is 2.12 bits per heavy atom. The molecule has 1 N–H and O–H groups in total. The number of rotatable bonds is 3. The molecule has 0 bridgehead atoms. The number of carbonyl (C=O) groups is 1. The molecule has 4 nitrogen and oxygen atoms in total. The predicted molar refractivity (Wildman–Crippen MR) is 63.2 cm³/mol. The number of aryl methyl sites for hydroxylation is 1. The number of pyridine rings is 1. The van der Waals surface area contributed by atoms with Gasteiger partial charge in [-0.1, -0.05) is 13.8 Å². The standard InChI is InChI=1S/C13H17NO3/c1-7-5-8(6-9(14-7)17-4)10-11(12(15)16)13(10,2)3/h5-6,10-11H,1-4H3,(H,15,16)/t10-,11+/m0/s1. The molecule has 1 fully saturated rings. The van der Waals surface area contributed by atoms with Gasteiger partial charge in [0.05, 0.1) is 13.0 Å². The van der Waals surface area contributed by atoms with Crippen molar-refractivity contribution in [1.29, 1.82) is 0 Å². The second kappa shape index (κ2) is 3.72. The minimum atomic E-state index is -0.728. The van der Waals surface area contributed by atoms with E-state index in [1.165, 1.54) is 0 Å². The number of ether oxygens (including phenoxy) is 1. The Labute approximate surface area is 101 Å². The van der Waals surface area contributed by atoms with Crippen molar-refractivity contribution in [2.75, 3.05) is 7.11 Å². The summed E-state index contributed by atoms with van der Waals surface area (Å²) < 4.78 is 5.12. The molecule has 0 spiro atoms. The van der Waals surface area contributed by atoms with E-state index in [1.54, 1.807) is 7.11 Å². The van der Waals surface area contributed by atoms with E-state index >= 15 is 0 Å². The molecule has 0 saturated heterocycles. The first kappa shape index (κ1) is 11.9. The summed E-state index contributed by atoms with van der Waals surface area (Å²) in [6.07, 6.45) is 0. The summed E-state index contributed by atoms with van der Waals surface area (Å²) in [6, 6.07) is 3.78. The third kappa shape index (κ3) is 1.88. The molecule has 0 amide bonds. The quantitative estimate of drug-likeness (QED) is 0.872. The molecule has 1 aromatic rings. The maximum absolute atomic E-state index is 11.2. The Balaban J connectivity index is 2.36. The van der Waals surface area contributed by atoms with Gasteiger partial charge in [-0.2, -0.15) is 0 Å². The number of aliphatic carboxylic acids is 1. The van der Waals surface area contributed by atoms with Crippen molar-refractivity contribution in [3.8, 4) is 5.88 Å². The van der Waals surface area contributed by atoms with Gasteiger partial charge in [0.2, 0.25) is 5.88 Å². The van der Waals surface area contributed by atoms with E-state index in [2.05, 4.69) is 4.98 Å². The van der Waals surface area contributed by atoms with E-state index in [9.17, 15) is 4.79 Å². The van der Waals surface area contributed by atoms with Gasteiger partial charge in [0.25, 0.3) is 0 Å². The number of hydrogen-bond acceptors (Lipinski definition) is 3. The van der Waals surface area contributed by atoms with Crippen molar-refractivity contribution in [2.24, 2.45) is 11.3 Å². The van der Waals surface area contributed by atoms with E-state index in [-0.39, 0.29) is 17.3 Å². The Kier molecular flexibility index (Phi) is 2.60. The first-order chi connectivity index (χ1) is 7.87. The Hall–Kier alpha value is -1.58. The van der Waals surface area contributed by atoms with E-state index in [4.69, 9.17) is 9.84 Å². The van der Waals surface area contributed by atoms with Gasteiger partial charge in [-0.05, 0) is 24.0 Å². The summed E-state index contributed by atoms with van der Waals surface area (Å²) in [5, 5.41) is 9.17. The van der Waals surface area contributed by atoms with Gasteiger partial charge in [0.15, 0.2) is 0 Å². The highest BCUT2D eigenvalue weighted by Crippen LogP contribution is 2.64. The molecular formula is C13H17NO3. The number of methoxy groups -OCH3 is 1. The van der Waals surface area contributed by atoms with Gasteiger partial charge < -0.3 is 9.84 Å². The van der Waals surface area contributed by atoms with Crippen LogP contribution in [0, 0.1) is 18.3 Å². The van der Waals surface area contributed by atoms with Gasteiger partial charge in [0.1, 0.15) is 0 Å². The van der Waals surface area contributed by atoms with Crippen LogP contribution in [0.4, 0.5) is 0 Å². The topological polar surface area (TPSA) is 59.4 Å². The Morgan fingerprint density at radius 1 is 1.47 bits per heavy atom. The fourth-order valence-corrected chi connectivity index (χ4v) is 2.67. The molecule has 1 saturated carbocycles. The lowest BCUT2D eigenvalue weighted by atomic mass is 10.0. The maximum atomic E-state index is 11.2. The fraction of sp³-hybridized carbons (Fsp3) is 0.538. The zero-order chi connectivity index (χ0) is 12.8. The Bertz CT molecular complexity index is 468. The predicted octanol–water partition coefficient (Wildman–Crippen LogP) is 2.22. The van der Waals surface area contributed by atoms with E-state index in [0.717, 1.165) is 11.3 Å². The molecule has 0 radical (unpaired) electrons. The second-order valence-electron chi connectivity index (χ2n) is 5.20. The third-order valence-corrected chi connectivity index (χ3v) is 3.61. The van der Waals surface area contributed by atoms with Gasteiger partial charge >= 0.3 is 5.97 Å². The second-order valence-corrected chi connectivity index (χ2v) is 5.20. The van der Waals surface area contributed by atoms with Crippen molar-refractivity contribution < 1.29 is 14.6 Å². The fourth-order valence-electron chi connectivity index (χ4n) is 2.67. The molecular weight excluding hydrogens is 218 g/mol. The highest BCUT2D eigenvalue weighted by molar-refractivity contribution is 5.77. The van der Waals surface area contributed by atoms with Crippen LogP contribution >= 0.6 is 0 Å². The molecule has 2 rings (SSSR count). The molecule has 92 valence electrons. The van der Waals surface area contributed by atoms with Crippen molar-refractivity contribution in [2.45, 2.75) is 26.7 Å². The summed E-state index contributed by atoms with van der Waals surface area (Å²) in [5.41, 5.74) is 1.67. The minimum absolute atomic E-state index is 0.0515. The molecule has 1 aliphatic rings. The average Bonchev–Trinajstić information content (AvgIpc) is 2.80. The van der Waals surface area contributed by atoms with Gasteiger partial charge in [-0.15, -0.1) is 0 Å². The van der Waals surface area contributed by atoms with Crippen LogP contribution in [0.15, 0.2) is 12.1 Å².